The molecule has 0 aliphatic carbocycles. The van der Waals surface area contributed by atoms with Gasteiger partial charge in [-0.15, -0.1) is 0 Å². The molecular weight excluding hydrogens is 284 g/mol. The lowest BCUT2D eigenvalue weighted by Crippen LogP contribution is -2.48. The SMILES string of the molecule is CCC1OC(CC)C2C3OC(CC3C(C)(O)CC(=O)OC)C12. The maximum Gasteiger partial charge on any atom is 0.308 e. The molecule has 0 aromatic rings. The van der Waals surface area contributed by atoms with E-state index in [-0.39, 0.29) is 42.7 Å². The standard InChI is InChI=1S/C17H28O5/c1-5-10-14-12-7-9(17(3,19)8-13(18)20-4)16(22-12)15(14)11(6-2)21-10/h9-12,14-16,19H,5-8H2,1-4H3. The molecule has 3 aliphatic rings. The second-order valence-corrected chi connectivity index (χ2v) is 7.28. The summed E-state index contributed by atoms with van der Waals surface area (Å²) in [6, 6.07) is 0. The van der Waals surface area contributed by atoms with E-state index < -0.39 is 5.60 Å². The van der Waals surface area contributed by atoms with Crippen molar-refractivity contribution in [1.82, 2.24) is 0 Å². The summed E-state index contributed by atoms with van der Waals surface area (Å²) in [5.74, 6) is 0.407. The molecule has 3 fully saturated rings. The Bertz CT molecular complexity index is 435. The van der Waals surface area contributed by atoms with E-state index in [0.717, 1.165) is 19.3 Å². The van der Waals surface area contributed by atoms with Crippen molar-refractivity contribution in [3.8, 4) is 0 Å². The van der Waals surface area contributed by atoms with Crippen molar-refractivity contribution in [3.05, 3.63) is 0 Å². The summed E-state index contributed by atoms with van der Waals surface area (Å²) in [5, 5.41) is 10.8. The molecule has 0 amide bonds. The van der Waals surface area contributed by atoms with Gasteiger partial charge in [-0.25, -0.2) is 0 Å². The number of ether oxygens (including phenoxy) is 3. The fraction of sp³-hybridized carbons (Fsp3) is 0.941. The average molecular weight is 312 g/mol. The predicted molar refractivity (Wildman–Crippen MR) is 80.2 cm³/mol. The fourth-order valence-corrected chi connectivity index (χ4v) is 5.00. The number of hydrogen-bond donors (Lipinski definition) is 1. The first-order valence-electron chi connectivity index (χ1n) is 8.53. The number of carbonyl (C=O) groups excluding carboxylic acids is 1. The zero-order chi connectivity index (χ0) is 16.1. The minimum atomic E-state index is -1.08. The van der Waals surface area contributed by atoms with Crippen molar-refractivity contribution in [2.75, 3.05) is 7.11 Å². The van der Waals surface area contributed by atoms with Gasteiger partial charge in [0.15, 0.2) is 0 Å². The summed E-state index contributed by atoms with van der Waals surface area (Å²) in [4.78, 5) is 11.6. The molecule has 3 saturated heterocycles. The van der Waals surface area contributed by atoms with Gasteiger partial charge in [0.2, 0.25) is 0 Å². The summed E-state index contributed by atoms with van der Waals surface area (Å²) < 4.78 is 17.2. The van der Waals surface area contributed by atoms with Gasteiger partial charge in [0, 0.05) is 17.8 Å². The lowest BCUT2D eigenvalue weighted by molar-refractivity contribution is -0.149. The second-order valence-electron chi connectivity index (χ2n) is 7.28. The second kappa shape index (κ2) is 5.77. The maximum atomic E-state index is 11.6. The van der Waals surface area contributed by atoms with Gasteiger partial charge in [0.1, 0.15) is 0 Å². The molecule has 22 heavy (non-hydrogen) atoms. The smallest absolute Gasteiger partial charge is 0.308 e. The van der Waals surface area contributed by atoms with Gasteiger partial charge in [-0.05, 0) is 26.2 Å². The van der Waals surface area contributed by atoms with E-state index in [4.69, 9.17) is 14.2 Å². The molecule has 1 N–H and O–H groups in total. The topological polar surface area (TPSA) is 65.0 Å². The molecule has 0 spiro atoms. The minimum Gasteiger partial charge on any atom is -0.469 e. The third-order valence-corrected chi connectivity index (χ3v) is 6.01. The molecule has 3 heterocycles. The molecule has 126 valence electrons. The molecular formula is C17H28O5. The predicted octanol–water partition coefficient (Wildman–Crippen LogP) is 1.91. The van der Waals surface area contributed by atoms with Crippen molar-refractivity contribution in [2.24, 2.45) is 17.8 Å². The van der Waals surface area contributed by atoms with Crippen LogP contribution in [0.4, 0.5) is 0 Å². The van der Waals surface area contributed by atoms with Crippen LogP contribution in [0.25, 0.3) is 0 Å². The molecule has 3 rings (SSSR count). The molecule has 8 atom stereocenters. The van der Waals surface area contributed by atoms with Gasteiger partial charge < -0.3 is 19.3 Å². The van der Waals surface area contributed by atoms with Gasteiger partial charge in [0.25, 0.3) is 0 Å². The quantitative estimate of drug-likeness (QED) is 0.786. The highest BCUT2D eigenvalue weighted by atomic mass is 16.5. The lowest BCUT2D eigenvalue weighted by Gasteiger charge is -2.38. The number of aliphatic hydroxyl groups is 1. The lowest BCUT2D eigenvalue weighted by atomic mass is 9.66. The summed E-state index contributed by atoms with van der Waals surface area (Å²) in [6.07, 6.45) is 3.45. The Labute approximate surface area is 132 Å². The van der Waals surface area contributed by atoms with Crippen molar-refractivity contribution in [1.29, 1.82) is 0 Å². The number of fused-ring (bicyclic) bond motifs is 5. The maximum absolute atomic E-state index is 11.6. The Morgan fingerprint density at radius 1 is 1.23 bits per heavy atom. The minimum absolute atomic E-state index is 0.00356. The monoisotopic (exact) mass is 312 g/mol. The van der Waals surface area contributed by atoms with Crippen LogP contribution in [0, 0.1) is 17.8 Å². The van der Waals surface area contributed by atoms with Gasteiger partial charge in [-0.3, -0.25) is 4.79 Å². The van der Waals surface area contributed by atoms with Crippen LogP contribution in [-0.2, 0) is 19.0 Å². The summed E-state index contributed by atoms with van der Waals surface area (Å²) >= 11 is 0. The molecule has 3 aliphatic heterocycles. The van der Waals surface area contributed by atoms with E-state index >= 15 is 0 Å². The number of carbonyl (C=O) groups is 1. The first-order chi connectivity index (χ1) is 10.4. The first-order valence-corrected chi connectivity index (χ1v) is 8.53. The average Bonchev–Trinajstić information content (AvgIpc) is 3.16. The van der Waals surface area contributed by atoms with Crippen LogP contribution in [0.2, 0.25) is 0 Å². The highest BCUT2D eigenvalue weighted by Gasteiger charge is 2.64. The van der Waals surface area contributed by atoms with Crippen molar-refractivity contribution in [3.63, 3.8) is 0 Å². The van der Waals surface area contributed by atoms with E-state index in [1.807, 2.05) is 0 Å². The van der Waals surface area contributed by atoms with Crippen LogP contribution in [-0.4, -0.2) is 48.2 Å². The highest BCUT2D eigenvalue weighted by molar-refractivity contribution is 5.70. The van der Waals surface area contributed by atoms with Crippen LogP contribution in [0.1, 0.15) is 46.5 Å². The Hall–Kier alpha value is -0.650. The third kappa shape index (κ3) is 2.38. The summed E-state index contributed by atoms with van der Waals surface area (Å²) in [7, 11) is 1.36. The van der Waals surface area contributed by atoms with Crippen LogP contribution in [0.15, 0.2) is 0 Å². The third-order valence-electron chi connectivity index (χ3n) is 6.01. The zero-order valence-electron chi connectivity index (χ0n) is 14.0. The number of rotatable bonds is 5. The van der Waals surface area contributed by atoms with Crippen molar-refractivity contribution in [2.45, 2.75) is 76.5 Å². The van der Waals surface area contributed by atoms with Gasteiger partial charge in [-0.1, -0.05) is 13.8 Å². The molecule has 5 heteroatoms. The molecule has 5 nitrogen and oxygen atoms in total. The van der Waals surface area contributed by atoms with Crippen LogP contribution < -0.4 is 0 Å². The van der Waals surface area contributed by atoms with Gasteiger partial charge in [-0.2, -0.15) is 0 Å². The molecule has 8 unspecified atom stereocenters. The van der Waals surface area contributed by atoms with Crippen molar-refractivity contribution >= 4 is 5.97 Å². The van der Waals surface area contributed by atoms with E-state index in [9.17, 15) is 9.90 Å². The Morgan fingerprint density at radius 2 is 1.86 bits per heavy atom. The Balaban J connectivity index is 1.79. The largest absolute Gasteiger partial charge is 0.469 e. The first kappa shape index (κ1) is 16.2. The molecule has 0 aromatic heterocycles. The number of hydrogen-bond acceptors (Lipinski definition) is 5. The number of methoxy groups -OCH3 is 1. The van der Waals surface area contributed by atoms with Crippen molar-refractivity contribution < 1.29 is 24.1 Å². The van der Waals surface area contributed by atoms with Gasteiger partial charge in [0.05, 0.1) is 43.5 Å². The fourth-order valence-electron chi connectivity index (χ4n) is 5.00. The summed E-state index contributed by atoms with van der Waals surface area (Å²) in [6.45, 7) is 6.05. The van der Waals surface area contributed by atoms with Crippen LogP contribution in [0.3, 0.4) is 0 Å². The Morgan fingerprint density at radius 3 is 2.45 bits per heavy atom. The molecule has 2 bridgehead atoms. The summed E-state index contributed by atoms with van der Waals surface area (Å²) in [5.41, 5.74) is -1.08. The zero-order valence-corrected chi connectivity index (χ0v) is 14.0. The van der Waals surface area contributed by atoms with Crippen LogP contribution in [0.5, 0.6) is 0 Å². The van der Waals surface area contributed by atoms with E-state index in [2.05, 4.69) is 13.8 Å². The highest BCUT2D eigenvalue weighted by Crippen LogP contribution is 2.57. The van der Waals surface area contributed by atoms with E-state index in [0.29, 0.717) is 11.8 Å². The van der Waals surface area contributed by atoms with Crippen LogP contribution >= 0.6 is 0 Å². The molecule has 0 aromatic carbocycles. The Kier molecular flexibility index (Phi) is 4.25. The van der Waals surface area contributed by atoms with Gasteiger partial charge >= 0.3 is 5.97 Å². The number of esters is 1. The normalized spacial score (nSPS) is 45.6. The molecule has 0 saturated carbocycles. The van der Waals surface area contributed by atoms with E-state index in [1.165, 1.54) is 7.11 Å². The molecule has 0 radical (unpaired) electrons. The van der Waals surface area contributed by atoms with E-state index in [1.54, 1.807) is 6.92 Å².